The highest BCUT2D eigenvalue weighted by Crippen LogP contribution is 2.39. The number of aromatic amines is 1. The summed E-state index contributed by atoms with van der Waals surface area (Å²) in [6.45, 7) is 3.08. The summed E-state index contributed by atoms with van der Waals surface area (Å²) in [7, 11) is 0. The van der Waals surface area contributed by atoms with Crippen LogP contribution in [0.2, 0.25) is 0 Å². The van der Waals surface area contributed by atoms with Gasteiger partial charge in [0.05, 0.1) is 0 Å². The largest absolute Gasteiger partial charge is 0.470 e. The zero-order chi connectivity index (χ0) is 11.7. The Balaban J connectivity index is 1.53. The number of hydrogen-bond donors (Lipinski definition) is 2. The van der Waals surface area contributed by atoms with Crippen molar-refractivity contribution in [1.29, 1.82) is 0 Å². The molecule has 0 amide bonds. The second-order valence-electron chi connectivity index (χ2n) is 5.51. The van der Waals surface area contributed by atoms with E-state index in [9.17, 15) is 0 Å². The monoisotopic (exact) mass is 235 g/mol. The van der Waals surface area contributed by atoms with Crippen LogP contribution in [-0.2, 0) is 0 Å². The van der Waals surface area contributed by atoms with Gasteiger partial charge in [-0.3, -0.25) is 5.10 Å². The minimum atomic E-state index is 0.0591. The highest BCUT2D eigenvalue weighted by molar-refractivity contribution is 5.14. The van der Waals surface area contributed by atoms with E-state index in [-0.39, 0.29) is 5.60 Å². The maximum absolute atomic E-state index is 6.08. The van der Waals surface area contributed by atoms with Gasteiger partial charge in [-0.05, 0) is 52.0 Å². The zero-order valence-electron chi connectivity index (χ0n) is 10.5. The van der Waals surface area contributed by atoms with Gasteiger partial charge in [0.2, 0.25) is 5.88 Å². The molecule has 2 saturated carbocycles. The first kappa shape index (κ1) is 11.1. The molecule has 0 saturated heterocycles. The van der Waals surface area contributed by atoms with Crippen molar-refractivity contribution in [2.45, 2.75) is 57.1 Å². The summed E-state index contributed by atoms with van der Waals surface area (Å²) >= 11 is 0. The van der Waals surface area contributed by atoms with Gasteiger partial charge in [0.15, 0.2) is 0 Å². The normalized spacial score (nSPS) is 22.2. The molecule has 3 rings (SSSR count). The number of aromatic nitrogens is 2. The van der Waals surface area contributed by atoms with Gasteiger partial charge in [0.1, 0.15) is 5.60 Å². The number of hydrogen-bond acceptors (Lipinski definition) is 3. The molecule has 1 aromatic rings. The number of nitrogens with one attached hydrogen (secondary N) is 2. The lowest BCUT2D eigenvalue weighted by atomic mass is 9.77. The third-order valence-electron chi connectivity index (χ3n) is 3.86. The highest BCUT2D eigenvalue weighted by Gasteiger charge is 2.39. The minimum absolute atomic E-state index is 0.0591. The first-order valence-electron chi connectivity index (χ1n) is 6.70. The predicted octanol–water partition coefficient (Wildman–Crippen LogP) is 2.16. The molecule has 2 fully saturated rings. The third kappa shape index (κ3) is 2.63. The van der Waals surface area contributed by atoms with Crippen molar-refractivity contribution >= 4 is 0 Å². The van der Waals surface area contributed by atoms with Gasteiger partial charge in [0.25, 0.3) is 0 Å². The molecule has 0 atom stereocenters. The third-order valence-corrected chi connectivity index (χ3v) is 3.86. The second-order valence-corrected chi connectivity index (χ2v) is 5.51. The summed E-state index contributed by atoms with van der Waals surface area (Å²) in [5.41, 5.74) is 1.12. The predicted molar refractivity (Wildman–Crippen MR) is 66.2 cm³/mol. The maximum Gasteiger partial charge on any atom is 0.233 e. The molecule has 17 heavy (non-hydrogen) atoms. The Hall–Kier alpha value is -1.03. The summed E-state index contributed by atoms with van der Waals surface area (Å²) in [6, 6.07) is 2.77. The van der Waals surface area contributed by atoms with E-state index in [2.05, 4.69) is 15.5 Å². The fraction of sp³-hybridized carbons (Fsp3) is 0.769. The lowest BCUT2D eigenvalue weighted by Gasteiger charge is -2.41. The van der Waals surface area contributed by atoms with Crippen molar-refractivity contribution in [3.05, 3.63) is 11.8 Å². The second kappa shape index (κ2) is 4.33. The van der Waals surface area contributed by atoms with Crippen LogP contribution in [0.25, 0.3) is 0 Å². The van der Waals surface area contributed by atoms with Crippen LogP contribution in [0.1, 0.15) is 44.2 Å². The van der Waals surface area contributed by atoms with Crippen LogP contribution in [0.4, 0.5) is 0 Å². The van der Waals surface area contributed by atoms with Crippen molar-refractivity contribution in [3.63, 3.8) is 0 Å². The lowest BCUT2D eigenvalue weighted by Crippen LogP contribution is -2.45. The molecule has 1 heterocycles. The highest BCUT2D eigenvalue weighted by atomic mass is 16.5. The van der Waals surface area contributed by atoms with Crippen LogP contribution in [0.3, 0.4) is 0 Å². The molecule has 0 radical (unpaired) electrons. The van der Waals surface area contributed by atoms with Gasteiger partial charge in [-0.15, -0.1) is 5.10 Å². The molecule has 4 heteroatoms. The topological polar surface area (TPSA) is 49.9 Å². The molecule has 0 spiro atoms. The summed E-state index contributed by atoms with van der Waals surface area (Å²) in [5.74, 6) is 0.758. The van der Waals surface area contributed by atoms with Gasteiger partial charge in [-0.1, -0.05) is 0 Å². The van der Waals surface area contributed by atoms with Crippen LogP contribution < -0.4 is 10.1 Å². The van der Waals surface area contributed by atoms with E-state index in [1.165, 1.54) is 32.1 Å². The van der Waals surface area contributed by atoms with E-state index < -0.39 is 0 Å². The number of nitrogens with zero attached hydrogens (tertiary/aromatic N) is 1. The molecule has 2 aliphatic rings. The molecule has 2 N–H and O–H groups in total. The molecule has 94 valence electrons. The number of aryl methyl sites for hydroxylation is 1. The van der Waals surface area contributed by atoms with Crippen LogP contribution in [0, 0.1) is 6.92 Å². The molecule has 2 aliphatic carbocycles. The van der Waals surface area contributed by atoms with E-state index in [1.54, 1.807) is 0 Å². The van der Waals surface area contributed by atoms with Gasteiger partial charge < -0.3 is 10.1 Å². The van der Waals surface area contributed by atoms with Crippen LogP contribution >= 0.6 is 0 Å². The average Bonchev–Trinajstić information content (AvgIpc) is 2.98. The van der Waals surface area contributed by atoms with Gasteiger partial charge >= 0.3 is 0 Å². The van der Waals surface area contributed by atoms with E-state index in [0.717, 1.165) is 30.6 Å². The molecule has 0 aromatic carbocycles. The Kier molecular flexibility index (Phi) is 2.82. The Bertz CT molecular complexity index is 380. The molecule has 4 nitrogen and oxygen atoms in total. The van der Waals surface area contributed by atoms with Crippen molar-refractivity contribution in [2.24, 2.45) is 0 Å². The smallest absolute Gasteiger partial charge is 0.233 e. The molecule has 0 unspecified atom stereocenters. The first-order valence-corrected chi connectivity index (χ1v) is 6.70. The van der Waals surface area contributed by atoms with Crippen molar-refractivity contribution in [1.82, 2.24) is 15.5 Å². The van der Waals surface area contributed by atoms with Crippen LogP contribution in [0.15, 0.2) is 6.07 Å². The van der Waals surface area contributed by atoms with Gasteiger partial charge in [-0.2, -0.15) is 0 Å². The lowest BCUT2D eigenvalue weighted by molar-refractivity contribution is -0.0179. The average molecular weight is 235 g/mol. The Morgan fingerprint density at radius 2 is 2.35 bits per heavy atom. The number of ether oxygens (including phenoxy) is 1. The van der Waals surface area contributed by atoms with E-state index in [4.69, 9.17) is 4.74 Å². The van der Waals surface area contributed by atoms with E-state index >= 15 is 0 Å². The van der Waals surface area contributed by atoms with Crippen molar-refractivity contribution in [3.8, 4) is 5.88 Å². The van der Waals surface area contributed by atoms with Crippen LogP contribution in [-0.4, -0.2) is 28.4 Å². The Labute approximate surface area is 102 Å². The fourth-order valence-electron chi connectivity index (χ4n) is 2.43. The molecule has 0 bridgehead atoms. The standard InChI is InChI=1S/C13H21N3O/c1-10-9-12(16-15-10)17-13(5-2-6-13)7-8-14-11-3-4-11/h9,11,14H,2-8H2,1H3,(H,15,16). The molecule has 1 aromatic heterocycles. The molecular weight excluding hydrogens is 214 g/mol. The van der Waals surface area contributed by atoms with Crippen molar-refractivity contribution in [2.75, 3.05) is 6.54 Å². The molecule has 0 aliphatic heterocycles. The maximum atomic E-state index is 6.08. The minimum Gasteiger partial charge on any atom is -0.470 e. The quantitative estimate of drug-likeness (QED) is 0.794. The van der Waals surface area contributed by atoms with E-state index in [0.29, 0.717) is 0 Å². The fourth-order valence-corrected chi connectivity index (χ4v) is 2.43. The Morgan fingerprint density at radius 1 is 1.53 bits per heavy atom. The number of rotatable bonds is 6. The number of H-pyrrole nitrogens is 1. The first-order chi connectivity index (χ1) is 8.26. The SMILES string of the molecule is Cc1cc(OC2(CCNC3CC3)CCC2)n[nH]1. The summed E-state index contributed by atoms with van der Waals surface area (Å²) < 4.78 is 6.08. The van der Waals surface area contributed by atoms with E-state index in [1.807, 2.05) is 13.0 Å². The summed E-state index contributed by atoms with van der Waals surface area (Å²) in [6.07, 6.45) is 7.44. The van der Waals surface area contributed by atoms with Gasteiger partial charge in [-0.25, -0.2) is 0 Å². The zero-order valence-corrected chi connectivity index (χ0v) is 10.5. The van der Waals surface area contributed by atoms with Gasteiger partial charge in [0, 0.05) is 17.8 Å². The van der Waals surface area contributed by atoms with Crippen LogP contribution in [0.5, 0.6) is 5.88 Å². The summed E-state index contributed by atoms with van der Waals surface area (Å²) in [4.78, 5) is 0. The van der Waals surface area contributed by atoms with Crippen molar-refractivity contribution < 1.29 is 4.74 Å². The Morgan fingerprint density at radius 3 is 2.88 bits per heavy atom. The molecular formula is C13H21N3O. The summed E-state index contributed by atoms with van der Waals surface area (Å²) in [5, 5.41) is 10.7.